The van der Waals surface area contributed by atoms with Crippen LogP contribution in [0.5, 0.6) is 0 Å². The van der Waals surface area contributed by atoms with Crippen molar-refractivity contribution in [1.82, 2.24) is 0 Å². The van der Waals surface area contributed by atoms with E-state index in [1.165, 1.54) is 30.6 Å². The van der Waals surface area contributed by atoms with E-state index >= 15 is 0 Å². The molecular formula is C16H24Si. The zero-order valence-corrected chi connectivity index (χ0v) is 12.4. The van der Waals surface area contributed by atoms with Gasteiger partial charge in [0.25, 0.3) is 0 Å². The van der Waals surface area contributed by atoms with Gasteiger partial charge in [-0.2, -0.15) is 0 Å². The molecule has 0 aromatic heterocycles. The molecule has 6 bridgehead atoms. The highest BCUT2D eigenvalue weighted by molar-refractivity contribution is 6.83. The second-order valence-electron chi connectivity index (χ2n) is 8.52. The van der Waals surface area contributed by atoms with Crippen molar-refractivity contribution in [2.24, 2.45) is 35.0 Å². The summed E-state index contributed by atoms with van der Waals surface area (Å²) in [5.41, 5.74) is 2.88. The molecule has 1 heteroatoms. The van der Waals surface area contributed by atoms with Crippen LogP contribution in [0.25, 0.3) is 0 Å². The lowest BCUT2D eigenvalue weighted by Gasteiger charge is -2.39. The van der Waals surface area contributed by atoms with E-state index in [9.17, 15) is 0 Å². The van der Waals surface area contributed by atoms with Crippen molar-refractivity contribution in [3.63, 3.8) is 0 Å². The fourth-order valence-electron chi connectivity index (χ4n) is 7.22. The smallest absolute Gasteiger partial charge is 0.0728 e. The summed E-state index contributed by atoms with van der Waals surface area (Å²) < 4.78 is 0. The molecule has 0 aliphatic heterocycles. The van der Waals surface area contributed by atoms with Crippen LogP contribution in [0.3, 0.4) is 0 Å². The Labute approximate surface area is 106 Å². The third-order valence-electron chi connectivity index (χ3n) is 7.16. The molecule has 0 amide bonds. The first-order chi connectivity index (χ1) is 8.07. The van der Waals surface area contributed by atoms with Gasteiger partial charge in [-0.05, 0) is 60.7 Å². The van der Waals surface area contributed by atoms with E-state index in [0.29, 0.717) is 0 Å². The van der Waals surface area contributed by atoms with Crippen LogP contribution in [-0.4, -0.2) is 8.07 Å². The standard InChI is InChI=1S/C16H24Si/c1-17(2,3)15-10-6-4-5-7-16(10)11-8-9-12(13(11)15)14(9)16/h9,11-14H,4-8H2,1-3H3. The summed E-state index contributed by atoms with van der Waals surface area (Å²) in [4.78, 5) is 0. The molecule has 92 valence electrons. The Balaban J connectivity index is 1.76. The van der Waals surface area contributed by atoms with Gasteiger partial charge in [0.2, 0.25) is 0 Å². The van der Waals surface area contributed by atoms with Gasteiger partial charge in [0, 0.05) is 0 Å². The molecule has 5 fully saturated rings. The zero-order chi connectivity index (χ0) is 11.6. The molecule has 6 aliphatic rings. The van der Waals surface area contributed by atoms with Crippen LogP contribution in [0.1, 0.15) is 32.1 Å². The van der Waals surface area contributed by atoms with Gasteiger partial charge in [-0.25, -0.2) is 0 Å². The number of hydrogen-bond donors (Lipinski definition) is 0. The molecule has 0 saturated heterocycles. The van der Waals surface area contributed by atoms with Crippen molar-refractivity contribution >= 4 is 8.07 Å². The van der Waals surface area contributed by atoms with E-state index in [1.54, 1.807) is 19.3 Å². The first-order valence-corrected chi connectivity index (χ1v) is 11.3. The van der Waals surface area contributed by atoms with E-state index in [0.717, 1.165) is 17.3 Å². The van der Waals surface area contributed by atoms with Crippen LogP contribution in [0.4, 0.5) is 0 Å². The molecule has 1 spiro atoms. The van der Waals surface area contributed by atoms with Crippen molar-refractivity contribution < 1.29 is 0 Å². The number of rotatable bonds is 1. The topological polar surface area (TPSA) is 0 Å². The Bertz CT molecular complexity index is 455. The quantitative estimate of drug-likeness (QED) is 0.605. The average Bonchev–Trinajstić information content (AvgIpc) is 2.54. The second-order valence-corrected chi connectivity index (χ2v) is 13.6. The predicted molar refractivity (Wildman–Crippen MR) is 73.3 cm³/mol. The number of allylic oxidation sites excluding steroid dienone is 2. The zero-order valence-electron chi connectivity index (χ0n) is 11.4. The van der Waals surface area contributed by atoms with E-state index in [4.69, 9.17) is 0 Å². The summed E-state index contributed by atoms with van der Waals surface area (Å²) in [5, 5.41) is 2.10. The van der Waals surface area contributed by atoms with Crippen molar-refractivity contribution in [2.45, 2.75) is 51.7 Å². The van der Waals surface area contributed by atoms with Gasteiger partial charge < -0.3 is 0 Å². The van der Waals surface area contributed by atoms with Crippen molar-refractivity contribution in [2.75, 3.05) is 0 Å². The van der Waals surface area contributed by atoms with Crippen LogP contribution >= 0.6 is 0 Å². The maximum absolute atomic E-state index is 2.62. The summed E-state index contributed by atoms with van der Waals surface area (Å²) in [5.74, 6) is 5.87. The highest BCUT2D eigenvalue weighted by Gasteiger charge is 2.83. The SMILES string of the molecule is C[Si](C)(C)C1=C2CCCCC23C2CC4C(C12)C43. The molecule has 0 radical (unpaired) electrons. The second kappa shape index (κ2) is 2.48. The fourth-order valence-corrected chi connectivity index (χ4v) is 9.87. The Hall–Kier alpha value is -0.0431. The Morgan fingerprint density at radius 3 is 2.71 bits per heavy atom. The molecule has 6 rings (SSSR count). The third-order valence-corrected chi connectivity index (χ3v) is 9.41. The molecule has 5 saturated carbocycles. The van der Waals surface area contributed by atoms with Gasteiger partial charge in [-0.1, -0.05) is 36.8 Å². The van der Waals surface area contributed by atoms with Crippen molar-refractivity contribution in [1.29, 1.82) is 0 Å². The average molecular weight is 244 g/mol. The Morgan fingerprint density at radius 2 is 2.00 bits per heavy atom. The minimum atomic E-state index is -1.04. The summed E-state index contributed by atoms with van der Waals surface area (Å²) in [6.45, 7) is 7.85. The molecule has 0 N–H and O–H groups in total. The van der Waals surface area contributed by atoms with Crippen LogP contribution in [-0.2, 0) is 0 Å². The summed E-state index contributed by atoms with van der Waals surface area (Å²) in [6, 6.07) is 0. The molecule has 0 nitrogen and oxygen atoms in total. The van der Waals surface area contributed by atoms with Gasteiger partial charge >= 0.3 is 0 Å². The third kappa shape index (κ3) is 0.810. The maximum atomic E-state index is 2.62. The van der Waals surface area contributed by atoms with Gasteiger partial charge in [0.1, 0.15) is 0 Å². The van der Waals surface area contributed by atoms with Gasteiger partial charge in [0.05, 0.1) is 8.07 Å². The molecule has 0 aromatic rings. The summed E-state index contributed by atoms with van der Waals surface area (Å²) >= 11 is 0. The highest BCUT2D eigenvalue weighted by atomic mass is 28.3. The van der Waals surface area contributed by atoms with Crippen molar-refractivity contribution in [3.05, 3.63) is 10.8 Å². The normalized spacial score (nSPS) is 57.7. The monoisotopic (exact) mass is 244 g/mol. The van der Waals surface area contributed by atoms with Gasteiger partial charge in [-0.15, -0.1) is 0 Å². The first kappa shape index (κ1) is 9.83. The van der Waals surface area contributed by atoms with E-state index < -0.39 is 8.07 Å². The summed E-state index contributed by atoms with van der Waals surface area (Å²) in [7, 11) is -1.04. The highest BCUT2D eigenvalue weighted by Crippen LogP contribution is 2.89. The Morgan fingerprint density at radius 1 is 1.18 bits per heavy atom. The van der Waals surface area contributed by atoms with E-state index in [2.05, 4.69) is 30.4 Å². The minimum absolute atomic E-state index is 0.813. The molecular weight excluding hydrogens is 220 g/mol. The molecule has 0 aromatic carbocycles. The molecule has 0 heterocycles. The lowest BCUT2D eigenvalue weighted by molar-refractivity contribution is 0.211. The van der Waals surface area contributed by atoms with Gasteiger partial charge in [-0.3, -0.25) is 0 Å². The van der Waals surface area contributed by atoms with Crippen molar-refractivity contribution in [3.8, 4) is 0 Å². The molecule has 6 atom stereocenters. The van der Waals surface area contributed by atoms with Crippen LogP contribution < -0.4 is 0 Å². The summed E-state index contributed by atoms with van der Waals surface area (Å²) in [6.07, 6.45) is 7.78. The first-order valence-electron chi connectivity index (χ1n) is 7.81. The molecule has 6 aliphatic carbocycles. The predicted octanol–water partition coefficient (Wildman–Crippen LogP) is 4.25. The van der Waals surface area contributed by atoms with E-state index in [-0.39, 0.29) is 0 Å². The molecule has 17 heavy (non-hydrogen) atoms. The maximum Gasteiger partial charge on any atom is 0.0728 e. The Kier molecular flexibility index (Phi) is 1.43. The van der Waals surface area contributed by atoms with Crippen LogP contribution in [0, 0.1) is 35.0 Å². The van der Waals surface area contributed by atoms with Gasteiger partial charge in [0.15, 0.2) is 0 Å². The lowest BCUT2D eigenvalue weighted by Crippen LogP contribution is -2.33. The largest absolute Gasteiger partial charge is 0.0776 e. The molecule has 6 unspecified atom stereocenters. The fraction of sp³-hybridized carbons (Fsp3) is 0.875. The van der Waals surface area contributed by atoms with E-state index in [1.807, 2.05) is 0 Å². The van der Waals surface area contributed by atoms with Crippen LogP contribution in [0.2, 0.25) is 19.6 Å². The minimum Gasteiger partial charge on any atom is -0.0776 e. The number of hydrogen-bond acceptors (Lipinski definition) is 0. The van der Waals surface area contributed by atoms with Crippen LogP contribution in [0.15, 0.2) is 10.8 Å². The lowest BCUT2D eigenvalue weighted by atomic mass is 9.67.